The van der Waals surface area contributed by atoms with Crippen LogP contribution in [-0.4, -0.2) is 99.6 Å². The molecule has 8 nitrogen and oxygen atoms in total. The van der Waals surface area contributed by atoms with Gasteiger partial charge in [-0.15, -0.1) is 11.3 Å². The summed E-state index contributed by atoms with van der Waals surface area (Å²) in [5.41, 5.74) is -2.53. The molecule has 13 heteroatoms. The normalized spacial score (nSPS) is 28.8. The zero-order chi connectivity index (χ0) is 28.0. The van der Waals surface area contributed by atoms with Gasteiger partial charge in [0.1, 0.15) is 4.21 Å². The number of hydrogen-bond acceptors (Lipinski definition) is 8. The standard InChI is InChI=1S/C26H34F3N3O5S2/c1-25(33,26(27,28)29)18-5-7-19(8-6-18)31-10-9-30(39(34,35)24-4-3-11-38-24)14-22(31)15-32-20-12-23(36-2)13-21(32)17-37-16-20/h3-8,11,20-23,33H,9-10,12-17H2,1-2H3/t20-,21+,22-,23?,25?/m1/s1. The van der Waals surface area contributed by atoms with Crippen molar-refractivity contribution in [1.29, 1.82) is 0 Å². The van der Waals surface area contributed by atoms with Crippen molar-refractivity contribution in [3.05, 3.63) is 47.3 Å². The summed E-state index contributed by atoms with van der Waals surface area (Å²) < 4.78 is 80.2. The Balaban J connectivity index is 1.42. The Morgan fingerprint density at radius 1 is 1.10 bits per heavy atom. The van der Waals surface area contributed by atoms with Crippen molar-refractivity contribution in [2.24, 2.45) is 0 Å². The van der Waals surface area contributed by atoms with E-state index < -0.39 is 21.8 Å². The summed E-state index contributed by atoms with van der Waals surface area (Å²) in [7, 11) is -1.95. The Morgan fingerprint density at radius 2 is 1.77 bits per heavy atom. The van der Waals surface area contributed by atoms with E-state index in [9.17, 15) is 26.7 Å². The van der Waals surface area contributed by atoms with Crippen molar-refractivity contribution in [2.75, 3.05) is 51.4 Å². The summed E-state index contributed by atoms with van der Waals surface area (Å²) in [6.45, 7) is 3.33. The minimum atomic E-state index is -4.81. The minimum Gasteiger partial charge on any atom is -0.381 e. The summed E-state index contributed by atoms with van der Waals surface area (Å²) in [4.78, 5) is 4.46. The molecule has 0 radical (unpaired) electrons. The minimum absolute atomic E-state index is 0.137. The smallest absolute Gasteiger partial charge is 0.381 e. The molecule has 5 atom stereocenters. The van der Waals surface area contributed by atoms with E-state index >= 15 is 0 Å². The molecule has 0 saturated carbocycles. The summed E-state index contributed by atoms with van der Waals surface area (Å²) in [5, 5.41) is 11.8. The summed E-state index contributed by atoms with van der Waals surface area (Å²) in [6, 6.07) is 9.08. The van der Waals surface area contributed by atoms with Crippen molar-refractivity contribution in [3.63, 3.8) is 0 Å². The fourth-order valence-electron chi connectivity index (χ4n) is 5.89. The number of sulfonamides is 1. The molecule has 3 saturated heterocycles. The molecule has 2 unspecified atom stereocenters. The summed E-state index contributed by atoms with van der Waals surface area (Å²) in [5.74, 6) is 0. The number of thiophene rings is 1. The number of methoxy groups -OCH3 is 1. The maximum atomic E-state index is 13.4. The second kappa shape index (κ2) is 10.9. The zero-order valence-electron chi connectivity index (χ0n) is 21.9. The molecule has 2 aromatic rings. The van der Waals surface area contributed by atoms with Gasteiger partial charge < -0.3 is 19.5 Å². The highest BCUT2D eigenvalue weighted by Crippen LogP contribution is 2.39. The largest absolute Gasteiger partial charge is 0.421 e. The molecule has 1 N–H and O–H groups in total. The van der Waals surface area contributed by atoms with Gasteiger partial charge in [-0.25, -0.2) is 8.42 Å². The highest BCUT2D eigenvalue weighted by Gasteiger charge is 2.51. The number of ether oxygens (including phenoxy) is 2. The van der Waals surface area contributed by atoms with E-state index in [1.54, 1.807) is 36.8 Å². The van der Waals surface area contributed by atoms with Crippen molar-refractivity contribution in [2.45, 2.75) is 60.0 Å². The molecule has 3 fully saturated rings. The second-order valence-electron chi connectivity index (χ2n) is 10.6. The molecule has 1 aromatic heterocycles. The summed E-state index contributed by atoms with van der Waals surface area (Å²) in [6.07, 6.45) is -3.03. The van der Waals surface area contributed by atoms with Gasteiger partial charge in [-0.3, -0.25) is 4.90 Å². The maximum absolute atomic E-state index is 13.4. The molecule has 0 amide bonds. The Morgan fingerprint density at radius 3 is 2.33 bits per heavy atom. The Bertz CT molecular complexity index is 1210. The Kier molecular flexibility index (Phi) is 8.06. The van der Waals surface area contributed by atoms with E-state index in [1.807, 2.05) is 0 Å². The predicted molar refractivity (Wildman–Crippen MR) is 141 cm³/mol. The van der Waals surface area contributed by atoms with E-state index in [1.165, 1.54) is 27.8 Å². The van der Waals surface area contributed by atoms with Crippen molar-refractivity contribution in [1.82, 2.24) is 9.21 Å². The van der Waals surface area contributed by atoms with E-state index in [-0.39, 0.29) is 42.9 Å². The van der Waals surface area contributed by atoms with E-state index in [2.05, 4.69) is 9.80 Å². The number of fused-ring (bicyclic) bond motifs is 2. The van der Waals surface area contributed by atoms with Gasteiger partial charge in [0.05, 0.1) is 25.4 Å². The lowest BCUT2D eigenvalue weighted by molar-refractivity contribution is -0.258. The number of aliphatic hydroxyl groups is 1. The van der Waals surface area contributed by atoms with Gasteiger partial charge in [0.15, 0.2) is 5.60 Å². The first-order chi connectivity index (χ1) is 18.4. The number of benzene rings is 1. The number of piperidine rings is 1. The highest BCUT2D eigenvalue weighted by molar-refractivity contribution is 7.91. The molecular formula is C26H34F3N3O5S2. The monoisotopic (exact) mass is 589 g/mol. The van der Waals surface area contributed by atoms with Gasteiger partial charge in [-0.1, -0.05) is 18.2 Å². The molecule has 0 spiro atoms. The fourth-order valence-corrected chi connectivity index (χ4v) is 8.51. The Labute approximate surface area is 231 Å². The number of nitrogens with zero attached hydrogens (tertiary/aromatic N) is 3. The number of hydrogen-bond donors (Lipinski definition) is 1. The number of piperazine rings is 1. The van der Waals surface area contributed by atoms with Crippen LogP contribution >= 0.6 is 11.3 Å². The summed E-state index contributed by atoms with van der Waals surface area (Å²) >= 11 is 1.18. The van der Waals surface area contributed by atoms with Crippen LogP contribution in [0.3, 0.4) is 0 Å². The van der Waals surface area contributed by atoms with Crippen LogP contribution in [0.15, 0.2) is 46.0 Å². The van der Waals surface area contributed by atoms with Gasteiger partial charge in [-0.2, -0.15) is 17.5 Å². The lowest BCUT2D eigenvalue weighted by atomic mass is 9.91. The number of morpholine rings is 1. The van der Waals surface area contributed by atoms with Gasteiger partial charge in [0.25, 0.3) is 10.0 Å². The van der Waals surface area contributed by atoms with Gasteiger partial charge in [0.2, 0.25) is 0 Å². The van der Waals surface area contributed by atoms with Crippen LogP contribution in [0, 0.1) is 0 Å². The van der Waals surface area contributed by atoms with Gasteiger partial charge in [-0.05, 0) is 48.9 Å². The third-order valence-electron chi connectivity index (χ3n) is 8.23. The topological polar surface area (TPSA) is 82.6 Å². The maximum Gasteiger partial charge on any atom is 0.421 e. The van der Waals surface area contributed by atoms with Crippen LogP contribution in [-0.2, 0) is 25.1 Å². The number of alkyl halides is 3. The molecular weight excluding hydrogens is 555 g/mol. The van der Waals surface area contributed by atoms with E-state index in [0.717, 1.165) is 19.8 Å². The average molecular weight is 590 g/mol. The van der Waals surface area contributed by atoms with Crippen LogP contribution in [0.25, 0.3) is 0 Å². The molecule has 216 valence electrons. The first-order valence-electron chi connectivity index (χ1n) is 13.0. The number of rotatable bonds is 7. The van der Waals surface area contributed by atoms with E-state index in [0.29, 0.717) is 36.2 Å². The zero-order valence-corrected chi connectivity index (χ0v) is 23.5. The third-order valence-corrected chi connectivity index (χ3v) is 11.5. The number of anilines is 1. The van der Waals surface area contributed by atoms with Crippen molar-refractivity contribution < 1.29 is 36.2 Å². The highest BCUT2D eigenvalue weighted by atomic mass is 32.2. The quantitative estimate of drug-likeness (QED) is 0.531. The van der Waals surface area contributed by atoms with Crippen molar-refractivity contribution >= 4 is 27.0 Å². The SMILES string of the molecule is COC1C[C@H]2COC[C@@H](C1)N2C[C@H]1CN(S(=O)(=O)c2cccs2)CCN1c1ccc(C(C)(O)C(F)(F)F)cc1. The molecule has 39 heavy (non-hydrogen) atoms. The van der Waals surface area contributed by atoms with Crippen LogP contribution in [0.5, 0.6) is 0 Å². The Hall–Kier alpha value is -1.74. The van der Waals surface area contributed by atoms with Crippen molar-refractivity contribution in [3.8, 4) is 0 Å². The average Bonchev–Trinajstić information content (AvgIpc) is 3.44. The first kappa shape index (κ1) is 28.8. The molecule has 4 heterocycles. The molecule has 1 aromatic carbocycles. The predicted octanol–water partition coefficient (Wildman–Crippen LogP) is 3.28. The molecule has 0 aliphatic carbocycles. The molecule has 5 rings (SSSR count). The van der Waals surface area contributed by atoms with Crippen LogP contribution in [0.2, 0.25) is 0 Å². The van der Waals surface area contributed by atoms with E-state index in [4.69, 9.17) is 9.47 Å². The fraction of sp³-hybridized carbons (Fsp3) is 0.615. The lowest BCUT2D eigenvalue weighted by Gasteiger charge is -2.51. The number of halogens is 3. The van der Waals surface area contributed by atoms with Gasteiger partial charge in [0, 0.05) is 51.1 Å². The lowest BCUT2D eigenvalue weighted by Crippen LogP contribution is -2.64. The molecule has 2 bridgehead atoms. The van der Waals surface area contributed by atoms with Gasteiger partial charge >= 0.3 is 6.18 Å². The molecule has 3 aliphatic heterocycles. The molecule has 3 aliphatic rings. The third kappa shape index (κ3) is 5.59. The van der Waals surface area contributed by atoms with Crippen LogP contribution in [0.4, 0.5) is 18.9 Å². The first-order valence-corrected chi connectivity index (χ1v) is 15.3. The van der Waals surface area contributed by atoms with Crippen LogP contribution in [0.1, 0.15) is 25.3 Å². The van der Waals surface area contributed by atoms with Crippen LogP contribution < -0.4 is 4.90 Å². The second-order valence-corrected chi connectivity index (χ2v) is 13.7.